The summed E-state index contributed by atoms with van der Waals surface area (Å²) in [6.45, 7) is 24.7. The van der Waals surface area contributed by atoms with E-state index in [2.05, 4.69) is 63.2 Å². The monoisotopic (exact) mass is 763 g/mol. The van der Waals surface area contributed by atoms with Gasteiger partial charge in [0.2, 0.25) is 0 Å². The Morgan fingerprint density at radius 3 is 2.20 bits per heavy atom. The fourth-order valence-corrected chi connectivity index (χ4v) is 15.7. The number of nitrogens with zero attached hydrogens (tertiary/aromatic N) is 2. The molecule has 0 unspecified atom stereocenters. The van der Waals surface area contributed by atoms with Crippen molar-refractivity contribution in [1.82, 2.24) is 15.1 Å². The molecule has 9 atom stereocenters. The number of carbonyl (C=O) groups is 2. The van der Waals surface area contributed by atoms with Crippen molar-refractivity contribution in [2.24, 2.45) is 51.2 Å². The van der Waals surface area contributed by atoms with Gasteiger partial charge >= 0.3 is 5.97 Å². The lowest BCUT2D eigenvalue weighted by Gasteiger charge is -2.73. The number of rotatable bonds is 9. The molecule has 1 N–H and O–H groups in total. The Balaban J connectivity index is 1.06. The molecule has 0 spiro atoms. The molecule has 0 aromatic heterocycles. The van der Waals surface area contributed by atoms with Gasteiger partial charge in [0.15, 0.2) is 9.84 Å². The van der Waals surface area contributed by atoms with Crippen LogP contribution in [0.2, 0.25) is 0 Å². The molecule has 0 radical (unpaired) electrons. The number of ether oxygens (including phenoxy) is 1. The van der Waals surface area contributed by atoms with Gasteiger partial charge in [-0.2, -0.15) is 0 Å². The maximum atomic E-state index is 14.1. The van der Waals surface area contributed by atoms with Crippen molar-refractivity contribution in [2.75, 3.05) is 57.9 Å². The predicted molar refractivity (Wildman–Crippen MR) is 216 cm³/mol. The molecule has 300 valence electrons. The van der Waals surface area contributed by atoms with Crippen molar-refractivity contribution in [1.29, 1.82) is 0 Å². The average molecular weight is 764 g/mol. The number of sulfone groups is 1. The lowest BCUT2D eigenvalue weighted by molar-refractivity contribution is -0.238. The van der Waals surface area contributed by atoms with Gasteiger partial charge in [-0.05, 0) is 174 Å². The molecule has 54 heavy (non-hydrogen) atoms. The minimum absolute atomic E-state index is 0.0636. The molecule has 1 aromatic carbocycles. The van der Waals surface area contributed by atoms with Crippen molar-refractivity contribution in [2.45, 2.75) is 111 Å². The third-order valence-corrected chi connectivity index (χ3v) is 19.1. The van der Waals surface area contributed by atoms with E-state index in [1.807, 2.05) is 0 Å². The van der Waals surface area contributed by atoms with E-state index in [0.29, 0.717) is 70.7 Å². The molecule has 4 saturated carbocycles. The van der Waals surface area contributed by atoms with Crippen LogP contribution in [0.3, 0.4) is 0 Å². The highest BCUT2D eigenvalue weighted by Crippen LogP contribution is 2.76. The number of piperidine rings is 1. The van der Waals surface area contributed by atoms with Crippen LogP contribution in [0.25, 0.3) is 0 Å². The molecule has 1 aromatic rings. The summed E-state index contributed by atoms with van der Waals surface area (Å²) in [5, 5.41) is 3.97. The first-order valence-electron chi connectivity index (χ1n) is 21.2. The second-order valence-corrected chi connectivity index (χ2v) is 22.3. The van der Waals surface area contributed by atoms with Crippen molar-refractivity contribution < 1.29 is 22.7 Å². The Labute approximate surface area is 326 Å². The van der Waals surface area contributed by atoms with Crippen LogP contribution in [0.4, 0.5) is 0 Å². The van der Waals surface area contributed by atoms with E-state index >= 15 is 0 Å². The molecule has 6 fully saturated rings. The van der Waals surface area contributed by atoms with Gasteiger partial charge in [0.1, 0.15) is 0 Å². The quantitative estimate of drug-likeness (QED) is 0.157. The number of amides is 1. The van der Waals surface area contributed by atoms with E-state index in [9.17, 15) is 18.0 Å². The maximum absolute atomic E-state index is 14.1. The first-order chi connectivity index (χ1) is 25.4. The largest absolute Gasteiger partial charge is 0.465 e. The number of allylic oxidation sites excluding steroid dienone is 1. The summed E-state index contributed by atoms with van der Waals surface area (Å²) in [6.07, 6.45) is 12.2. The third-order valence-electron chi connectivity index (χ3n) is 17.5. The third kappa shape index (κ3) is 6.42. The minimum Gasteiger partial charge on any atom is -0.465 e. The van der Waals surface area contributed by atoms with Crippen LogP contribution >= 0.6 is 0 Å². The average Bonchev–Trinajstić information content (AvgIpc) is 3.52. The van der Waals surface area contributed by atoms with Gasteiger partial charge in [-0.25, -0.2) is 13.2 Å². The molecule has 0 bridgehead atoms. The summed E-state index contributed by atoms with van der Waals surface area (Å²) in [5.74, 6) is 3.28. The fraction of sp³-hybridized carbons (Fsp3) is 0.778. The molecule has 6 aliphatic rings. The molecule has 2 saturated heterocycles. The van der Waals surface area contributed by atoms with Crippen LogP contribution < -0.4 is 5.32 Å². The number of hydrogen-bond acceptors (Lipinski definition) is 7. The summed E-state index contributed by atoms with van der Waals surface area (Å²) in [5.41, 5.74) is 3.20. The first-order valence-corrected chi connectivity index (χ1v) is 23.0. The molecular formula is C45H69N3O5S. The zero-order valence-corrected chi connectivity index (χ0v) is 35.3. The second-order valence-electron chi connectivity index (χ2n) is 20.0. The number of carbonyl (C=O) groups excluding carboxylic acids is 2. The Hall–Kier alpha value is -2.23. The molecule has 4 aliphatic carbocycles. The number of methoxy groups -OCH3 is 1. The maximum Gasteiger partial charge on any atom is 0.337 e. The first kappa shape index (κ1) is 40.0. The van der Waals surface area contributed by atoms with Crippen LogP contribution in [0.5, 0.6) is 0 Å². The van der Waals surface area contributed by atoms with E-state index in [4.69, 9.17) is 4.74 Å². The number of nitrogens with one attached hydrogen (secondary N) is 1. The number of fused-ring (bicyclic) bond motifs is 7. The van der Waals surface area contributed by atoms with E-state index in [1.165, 1.54) is 57.6 Å². The molecule has 2 heterocycles. The van der Waals surface area contributed by atoms with Crippen molar-refractivity contribution in [3.05, 3.63) is 47.5 Å². The summed E-state index contributed by atoms with van der Waals surface area (Å²) in [7, 11) is -1.46. The lowest BCUT2D eigenvalue weighted by atomic mass is 9.33. The van der Waals surface area contributed by atoms with E-state index in [0.717, 1.165) is 45.4 Å². The molecular weight excluding hydrogens is 695 g/mol. The van der Waals surface area contributed by atoms with E-state index < -0.39 is 9.84 Å². The molecule has 8 nitrogen and oxygen atoms in total. The summed E-state index contributed by atoms with van der Waals surface area (Å²) < 4.78 is 28.7. The number of benzene rings is 1. The van der Waals surface area contributed by atoms with Gasteiger partial charge in [0, 0.05) is 37.3 Å². The van der Waals surface area contributed by atoms with Gasteiger partial charge in [0.25, 0.3) is 5.91 Å². The number of esters is 1. The standard InChI is InChI=1S/C45H69N3O5S/c1-31(2)34-16-19-45(30-46-23-9-24-47-26-28-54(51,52)29-27-47)21-20-43(6)35(38(34)45)14-15-37-42(5)22-25-48(41(3,4)36(42)17-18-44(37,43)7)39(49)32-10-12-33(13-11-32)40(50)53-8/h10-13,34-38,46H,1,9,14-30H2,2-8H3/t34-,35+,36-,37+,38+,42-,43+,44+,45+/m0/s1. The van der Waals surface area contributed by atoms with Gasteiger partial charge < -0.3 is 19.9 Å². The van der Waals surface area contributed by atoms with E-state index in [1.54, 1.807) is 24.3 Å². The Morgan fingerprint density at radius 1 is 0.852 bits per heavy atom. The van der Waals surface area contributed by atoms with Crippen molar-refractivity contribution in [3.8, 4) is 0 Å². The number of likely N-dealkylation sites (tertiary alicyclic amines) is 1. The highest BCUT2D eigenvalue weighted by Gasteiger charge is 2.71. The van der Waals surface area contributed by atoms with Gasteiger partial charge in [0.05, 0.1) is 24.2 Å². The summed E-state index contributed by atoms with van der Waals surface area (Å²) in [4.78, 5) is 30.7. The van der Waals surface area contributed by atoms with Crippen molar-refractivity contribution >= 4 is 21.7 Å². The Morgan fingerprint density at radius 2 is 1.54 bits per heavy atom. The summed E-state index contributed by atoms with van der Waals surface area (Å²) >= 11 is 0. The van der Waals surface area contributed by atoms with Crippen LogP contribution in [-0.2, 0) is 14.6 Å². The van der Waals surface area contributed by atoms with Crippen LogP contribution in [0.1, 0.15) is 126 Å². The van der Waals surface area contributed by atoms with Gasteiger partial charge in [-0.15, -0.1) is 0 Å². The highest BCUT2D eigenvalue weighted by molar-refractivity contribution is 7.91. The van der Waals surface area contributed by atoms with Crippen LogP contribution in [-0.4, -0.2) is 93.5 Å². The predicted octanol–water partition coefficient (Wildman–Crippen LogP) is 7.65. The zero-order chi connectivity index (χ0) is 38.9. The van der Waals surface area contributed by atoms with Gasteiger partial charge in [-0.1, -0.05) is 32.9 Å². The molecule has 9 heteroatoms. The zero-order valence-electron chi connectivity index (χ0n) is 34.5. The molecule has 2 aliphatic heterocycles. The second kappa shape index (κ2) is 14.3. The molecule has 7 rings (SSSR count). The topological polar surface area (TPSA) is 96.0 Å². The van der Waals surface area contributed by atoms with E-state index in [-0.39, 0.29) is 33.7 Å². The normalized spacial score (nSPS) is 39.8. The van der Waals surface area contributed by atoms with Crippen LogP contribution in [0, 0.1) is 51.2 Å². The minimum atomic E-state index is -2.84. The van der Waals surface area contributed by atoms with Gasteiger partial charge in [-0.3, -0.25) is 4.79 Å². The molecule has 1 amide bonds. The SMILES string of the molecule is C=C(C)[C@@H]1CC[C@]2(CNCCCN3CCS(=O)(=O)CC3)CC[C@]3(C)[C@H](CC[C@@H]4[C@@]5(C)CCN(C(=O)c6ccc(C(=O)OC)cc6)C(C)(C)[C@@H]5CC[C@]43C)[C@@H]12. The number of hydrogen-bond donors (Lipinski definition) is 1. The summed E-state index contributed by atoms with van der Waals surface area (Å²) in [6, 6.07) is 6.97. The van der Waals surface area contributed by atoms with Crippen molar-refractivity contribution in [3.63, 3.8) is 0 Å². The Kier molecular flexibility index (Phi) is 10.6. The highest BCUT2D eigenvalue weighted by atomic mass is 32.2. The lowest BCUT2D eigenvalue weighted by Crippen LogP contribution is -2.70. The Bertz CT molecular complexity index is 1710. The van der Waals surface area contributed by atoms with Crippen LogP contribution in [0.15, 0.2) is 36.4 Å². The fourth-order valence-electron chi connectivity index (χ4n) is 14.4. The smallest absolute Gasteiger partial charge is 0.337 e.